The lowest BCUT2D eigenvalue weighted by molar-refractivity contribution is -0.0442. The second-order valence-corrected chi connectivity index (χ2v) is 6.15. The van der Waals surface area contributed by atoms with Crippen LogP contribution < -0.4 is 10.1 Å². The van der Waals surface area contributed by atoms with Crippen molar-refractivity contribution in [2.24, 2.45) is 0 Å². The van der Waals surface area contributed by atoms with Crippen LogP contribution in [0.5, 0.6) is 5.75 Å². The third-order valence-electron chi connectivity index (χ3n) is 3.64. The predicted molar refractivity (Wildman–Crippen MR) is 96.1 cm³/mol. The smallest absolute Gasteiger partial charge is 0.166 e. The fourth-order valence-electron chi connectivity index (χ4n) is 2.50. The first-order valence-corrected chi connectivity index (χ1v) is 8.08. The number of nitrogens with one attached hydrogen (secondary N) is 1. The van der Waals surface area contributed by atoms with Crippen molar-refractivity contribution in [3.8, 4) is 5.75 Å². The van der Waals surface area contributed by atoms with Crippen LogP contribution in [-0.2, 0) is 4.74 Å². The summed E-state index contributed by atoms with van der Waals surface area (Å²) < 4.78 is 25.8. The third kappa shape index (κ3) is 4.74. The van der Waals surface area contributed by atoms with Gasteiger partial charge in [-0.2, -0.15) is 0 Å². The van der Waals surface area contributed by atoms with Crippen LogP contribution in [-0.4, -0.2) is 25.8 Å². The average Bonchev–Trinajstić information content (AvgIpc) is 2.56. The predicted octanol–water partition coefficient (Wildman–Crippen LogP) is 4.66. The molecular weight excluding hydrogens is 376 g/mol. The minimum Gasteiger partial charge on any atom is -0.480 e. The normalized spacial score (nSPS) is 18.5. The Morgan fingerprint density at radius 3 is 2.46 bits per heavy atom. The summed E-state index contributed by atoms with van der Waals surface area (Å²) in [7, 11) is 0. The zero-order valence-corrected chi connectivity index (χ0v) is 15.0. The van der Waals surface area contributed by atoms with Crippen molar-refractivity contribution < 1.29 is 13.9 Å². The van der Waals surface area contributed by atoms with Gasteiger partial charge in [-0.05, 0) is 35.9 Å². The van der Waals surface area contributed by atoms with Gasteiger partial charge in [0.2, 0.25) is 0 Å². The third-order valence-corrected chi connectivity index (χ3v) is 4.13. The maximum Gasteiger partial charge on any atom is 0.166 e. The van der Waals surface area contributed by atoms with Crippen LogP contribution in [0.4, 0.5) is 4.39 Å². The first-order chi connectivity index (χ1) is 11.1. The van der Waals surface area contributed by atoms with Gasteiger partial charge in [0.15, 0.2) is 17.7 Å². The number of rotatable bonds is 4. The van der Waals surface area contributed by atoms with Crippen LogP contribution in [0.25, 0.3) is 0 Å². The van der Waals surface area contributed by atoms with Gasteiger partial charge in [0, 0.05) is 23.1 Å². The lowest BCUT2D eigenvalue weighted by atomic mass is 10.0. The SMILES string of the molecule is Cl.Fc1cc(Cl)ccc1OC(c1ccc(Cl)cc1)[C@@H]1CNCCO1. The maximum atomic E-state index is 14.1. The number of hydrogen-bond acceptors (Lipinski definition) is 3. The molecule has 3 nitrogen and oxygen atoms in total. The van der Waals surface area contributed by atoms with Crippen molar-refractivity contribution in [1.29, 1.82) is 0 Å². The molecule has 1 aliphatic heterocycles. The summed E-state index contributed by atoms with van der Waals surface area (Å²) in [6, 6.07) is 11.6. The van der Waals surface area contributed by atoms with E-state index in [1.165, 1.54) is 12.1 Å². The van der Waals surface area contributed by atoms with Gasteiger partial charge in [-0.15, -0.1) is 12.4 Å². The molecule has 1 unspecified atom stereocenters. The second kappa shape index (κ2) is 8.88. The highest BCUT2D eigenvalue weighted by atomic mass is 35.5. The highest BCUT2D eigenvalue weighted by molar-refractivity contribution is 6.30. The van der Waals surface area contributed by atoms with Gasteiger partial charge in [0.1, 0.15) is 6.10 Å². The fourth-order valence-corrected chi connectivity index (χ4v) is 2.78. The molecule has 2 atom stereocenters. The molecule has 0 radical (unpaired) electrons. The molecule has 0 saturated carbocycles. The number of morpholine rings is 1. The van der Waals surface area contributed by atoms with Crippen LogP contribution in [0.3, 0.4) is 0 Å². The molecule has 1 N–H and O–H groups in total. The van der Waals surface area contributed by atoms with E-state index in [-0.39, 0.29) is 24.3 Å². The zero-order valence-electron chi connectivity index (χ0n) is 12.7. The molecule has 0 aliphatic carbocycles. The average molecular weight is 393 g/mol. The first-order valence-electron chi connectivity index (χ1n) is 7.33. The van der Waals surface area contributed by atoms with Gasteiger partial charge >= 0.3 is 0 Å². The molecule has 7 heteroatoms. The van der Waals surface area contributed by atoms with Crippen LogP contribution in [0.1, 0.15) is 11.7 Å². The van der Waals surface area contributed by atoms with E-state index in [1.54, 1.807) is 18.2 Å². The van der Waals surface area contributed by atoms with Crippen molar-refractivity contribution in [1.82, 2.24) is 5.32 Å². The Morgan fingerprint density at radius 1 is 1.12 bits per heavy atom. The van der Waals surface area contributed by atoms with Gasteiger partial charge in [-0.25, -0.2) is 4.39 Å². The molecule has 24 heavy (non-hydrogen) atoms. The molecule has 1 fully saturated rings. The van der Waals surface area contributed by atoms with Gasteiger partial charge in [0.25, 0.3) is 0 Å². The summed E-state index contributed by atoms with van der Waals surface area (Å²) in [6.45, 7) is 2.00. The van der Waals surface area contributed by atoms with E-state index in [2.05, 4.69) is 5.32 Å². The van der Waals surface area contributed by atoms with Crippen LogP contribution in [0.15, 0.2) is 42.5 Å². The Morgan fingerprint density at radius 2 is 1.83 bits per heavy atom. The highest BCUT2D eigenvalue weighted by Gasteiger charge is 2.28. The molecule has 2 aromatic carbocycles. The van der Waals surface area contributed by atoms with E-state index in [9.17, 15) is 4.39 Å². The Kier molecular flexibility index (Phi) is 7.14. The molecule has 0 aromatic heterocycles. The second-order valence-electron chi connectivity index (χ2n) is 5.28. The summed E-state index contributed by atoms with van der Waals surface area (Å²) in [5.41, 5.74) is 0.873. The summed E-state index contributed by atoms with van der Waals surface area (Å²) in [4.78, 5) is 0. The molecule has 0 amide bonds. The van der Waals surface area contributed by atoms with Crippen LogP contribution in [0.2, 0.25) is 10.0 Å². The highest BCUT2D eigenvalue weighted by Crippen LogP contribution is 2.30. The summed E-state index contributed by atoms with van der Waals surface area (Å²) in [6.07, 6.45) is -0.671. The van der Waals surface area contributed by atoms with Crippen molar-refractivity contribution >= 4 is 35.6 Å². The molecule has 1 saturated heterocycles. The molecule has 0 bridgehead atoms. The first kappa shape index (κ1) is 19.3. The van der Waals surface area contributed by atoms with Crippen LogP contribution in [0, 0.1) is 5.82 Å². The van der Waals surface area contributed by atoms with Crippen molar-refractivity contribution in [3.05, 3.63) is 63.9 Å². The van der Waals surface area contributed by atoms with E-state index >= 15 is 0 Å². The van der Waals surface area contributed by atoms with E-state index in [4.69, 9.17) is 32.7 Å². The van der Waals surface area contributed by atoms with Gasteiger partial charge in [0.05, 0.1) is 6.61 Å². The van der Waals surface area contributed by atoms with E-state index < -0.39 is 11.9 Å². The van der Waals surface area contributed by atoms with Crippen molar-refractivity contribution in [2.45, 2.75) is 12.2 Å². The molecular formula is C17H17Cl3FNO2. The topological polar surface area (TPSA) is 30.5 Å². The molecule has 1 heterocycles. The maximum absolute atomic E-state index is 14.1. The standard InChI is InChI=1S/C17H16Cl2FNO2.ClH/c18-12-3-1-11(2-4-12)17(16-10-21-7-8-22-16)23-15-6-5-13(19)9-14(15)20;/h1-6,9,16-17,21H,7-8,10H2;1H/t16-,17?;/m0./s1. The van der Waals surface area contributed by atoms with E-state index in [0.717, 1.165) is 12.1 Å². The number of ether oxygens (including phenoxy) is 2. The van der Waals surface area contributed by atoms with E-state index in [1.807, 2.05) is 12.1 Å². The number of benzene rings is 2. The summed E-state index contributed by atoms with van der Waals surface area (Å²) >= 11 is 11.7. The van der Waals surface area contributed by atoms with Gasteiger partial charge < -0.3 is 14.8 Å². The Balaban J connectivity index is 0.00000208. The fraction of sp³-hybridized carbons (Fsp3) is 0.294. The molecule has 0 spiro atoms. The molecule has 130 valence electrons. The van der Waals surface area contributed by atoms with Crippen molar-refractivity contribution in [3.63, 3.8) is 0 Å². The molecule has 3 rings (SSSR count). The summed E-state index contributed by atoms with van der Waals surface area (Å²) in [5, 5.41) is 4.22. The largest absolute Gasteiger partial charge is 0.480 e. The minimum absolute atomic E-state index is 0. The van der Waals surface area contributed by atoms with Gasteiger partial charge in [-0.1, -0.05) is 35.3 Å². The minimum atomic E-state index is -0.500. The lowest BCUT2D eigenvalue weighted by Gasteiger charge is -2.31. The van der Waals surface area contributed by atoms with E-state index in [0.29, 0.717) is 23.2 Å². The Bertz CT molecular complexity index is 663. The van der Waals surface area contributed by atoms with Crippen LogP contribution >= 0.6 is 35.6 Å². The van der Waals surface area contributed by atoms with Crippen molar-refractivity contribution in [2.75, 3.05) is 19.7 Å². The Labute approximate surface area is 156 Å². The molecule has 1 aliphatic rings. The summed E-state index contributed by atoms with van der Waals surface area (Å²) in [5.74, 6) is -0.358. The zero-order chi connectivity index (χ0) is 16.2. The lowest BCUT2D eigenvalue weighted by Crippen LogP contribution is -2.43. The monoisotopic (exact) mass is 391 g/mol. The molecule has 2 aromatic rings. The number of hydrogen-bond donors (Lipinski definition) is 1. The quantitative estimate of drug-likeness (QED) is 0.820. The Hall–Kier alpha value is -1.04. The number of halogens is 4. The van der Waals surface area contributed by atoms with Gasteiger partial charge in [-0.3, -0.25) is 0 Å².